The summed E-state index contributed by atoms with van der Waals surface area (Å²) in [5, 5.41) is 0. The predicted molar refractivity (Wildman–Crippen MR) is 74.7 cm³/mol. The summed E-state index contributed by atoms with van der Waals surface area (Å²) >= 11 is 1.88. The first kappa shape index (κ1) is 10.5. The van der Waals surface area contributed by atoms with Crippen LogP contribution in [0.25, 0.3) is 10.4 Å². The highest BCUT2D eigenvalue weighted by Gasteiger charge is 2.12. The fourth-order valence-electron chi connectivity index (χ4n) is 1.99. The van der Waals surface area contributed by atoms with Gasteiger partial charge in [0.15, 0.2) is 0 Å². The molecule has 0 amide bonds. The molecule has 17 heavy (non-hydrogen) atoms. The van der Waals surface area contributed by atoms with Crippen LogP contribution in [-0.2, 0) is 0 Å². The van der Waals surface area contributed by atoms with E-state index in [0.717, 1.165) is 6.42 Å². The van der Waals surface area contributed by atoms with Crippen LogP contribution in [0.3, 0.4) is 0 Å². The number of benzene rings is 1. The molecule has 1 aromatic heterocycles. The summed E-state index contributed by atoms with van der Waals surface area (Å²) in [6.07, 6.45) is 7.09. The standard InChI is InChI=1S/C15H13NS/c1-2-4-12(5-3-1)14-6-7-15(17-14)13-8-10-16-11-9-13/h1-8,10-11,13H,9H2. The van der Waals surface area contributed by atoms with E-state index >= 15 is 0 Å². The smallest absolute Gasteiger partial charge is 0.0345 e. The van der Waals surface area contributed by atoms with Gasteiger partial charge in [-0.05, 0) is 24.1 Å². The summed E-state index contributed by atoms with van der Waals surface area (Å²) < 4.78 is 0. The first-order valence-corrected chi connectivity index (χ1v) is 6.58. The molecule has 0 fully saturated rings. The number of hydrogen-bond donors (Lipinski definition) is 0. The molecule has 0 N–H and O–H groups in total. The summed E-state index contributed by atoms with van der Waals surface area (Å²) in [6, 6.07) is 15.0. The quantitative estimate of drug-likeness (QED) is 0.732. The maximum absolute atomic E-state index is 4.12. The van der Waals surface area contributed by atoms with E-state index in [-0.39, 0.29) is 0 Å². The molecule has 0 aliphatic carbocycles. The molecular weight excluding hydrogens is 226 g/mol. The van der Waals surface area contributed by atoms with Crippen molar-refractivity contribution in [2.45, 2.75) is 12.3 Å². The van der Waals surface area contributed by atoms with E-state index in [0.29, 0.717) is 5.92 Å². The number of allylic oxidation sites excluding steroid dienone is 1. The number of rotatable bonds is 2. The second-order valence-electron chi connectivity index (χ2n) is 4.08. The van der Waals surface area contributed by atoms with Crippen molar-refractivity contribution in [2.24, 2.45) is 4.99 Å². The van der Waals surface area contributed by atoms with E-state index < -0.39 is 0 Å². The van der Waals surface area contributed by atoms with Gasteiger partial charge in [0.05, 0.1) is 0 Å². The van der Waals surface area contributed by atoms with Gasteiger partial charge in [-0.3, -0.25) is 4.99 Å². The molecule has 84 valence electrons. The lowest BCUT2D eigenvalue weighted by molar-refractivity contribution is 0.909. The fraction of sp³-hybridized carbons (Fsp3) is 0.133. The van der Waals surface area contributed by atoms with Crippen molar-refractivity contribution in [3.05, 3.63) is 59.6 Å². The first-order valence-electron chi connectivity index (χ1n) is 5.77. The Balaban J connectivity index is 1.88. The van der Waals surface area contributed by atoms with Gasteiger partial charge in [-0.25, -0.2) is 0 Å². The van der Waals surface area contributed by atoms with Gasteiger partial charge in [-0.1, -0.05) is 36.4 Å². The van der Waals surface area contributed by atoms with E-state index in [4.69, 9.17) is 0 Å². The second-order valence-corrected chi connectivity index (χ2v) is 5.20. The minimum absolute atomic E-state index is 0.509. The molecule has 1 aliphatic rings. The molecule has 0 bridgehead atoms. The number of thiophene rings is 1. The first-order chi connectivity index (χ1) is 8.43. The summed E-state index contributed by atoms with van der Waals surface area (Å²) in [4.78, 5) is 6.88. The summed E-state index contributed by atoms with van der Waals surface area (Å²) in [6.45, 7) is 0. The van der Waals surface area contributed by atoms with Crippen LogP contribution in [0.4, 0.5) is 0 Å². The zero-order valence-electron chi connectivity index (χ0n) is 9.41. The highest BCUT2D eigenvalue weighted by Crippen LogP contribution is 2.34. The topological polar surface area (TPSA) is 12.4 Å². The SMILES string of the molecule is C1=CC(c2ccc(-c3ccccc3)s2)CC=N1. The molecule has 0 spiro atoms. The molecule has 2 aromatic rings. The summed E-state index contributed by atoms with van der Waals surface area (Å²) in [5.74, 6) is 0.509. The Labute approximate surface area is 105 Å². The summed E-state index contributed by atoms with van der Waals surface area (Å²) in [7, 11) is 0. The average molecular weight is 239 g/mol. The minimum Gasteiger partial charge on any atom is -0.269 e. The lowest BCUT2D eigenvalue weighted by atomic mass is 10.0. The zero-order chi connectivity index (χ0) is 11.5. The Hall–Kier alpha value is -1.67. The van der Waals surface area contributed by atoms with Crippen molar-refractivity contribution < 1.29 is 0 Å². The van der Waals surface area contributed by atoms with Gasteiger partial charge in [0.2, 0.25) is 0 Å². The molecule has 1 aromatic carbocycles. The van der Waals surface area contributed by atoms with Gasteiger partial charge < -0.3 is 0 Å². The Morgan fingerprint density at radius 1 is 1.06 bits per heavy atom. The van der Waals surface area contributed by atoms with Gasteiger partial charge >= 0.3 is 0 Å². The van der Waals surface area contributed by atoms with Gasteiger partial charge in [-0.2, -0.15) is 0 Å². The molecule has 1 unspecified atom stereocenters. The van der Waals surface area contributed by atoms with Gasteiger partial charge in [-0.15, -0.1) is 11.3 Å². The zero-order valence-corrected chi connectivity index (χ0v) is 10.2. The maximum atomic E-state index is 4.12. The van der Waals surface area contributed by atoms with E-state index in [1.54, 1.807) is 0 Å². The van der Waals surface area contributed by atoms with Crippen LogP contribution in [0, 0.1) is 0 Å². The van der Waals surface area contributed by atoms with E-state index in [1.165, 1.54) is 15.3 Å². The van der Waals surface area contributed by atoms with Crippen molar-refractivity contribution in [1.29, 1.82) is 0 Å². The fourth-order valence-corrected chi connectivity index (χ4v) is 3.09. The summed E-state index contributed by atoms with van der Waals surface area (Å²) in [5.41, 5.74) is 1.30. The Bertz CT molecular complexity index is 551. The minimum atomic E-state index is 0.509. The molecule has 1 aliphatic heterocycles. The second kappa shape index (κ2) is 4.68. The van der Waals surface area contributed by atoms with Crippen LogP contribution in [0.15, 0.2) is 59.7 Å². The third-order valence-corrected chi connectivity index (χ3v) is 4.19. The Morgan fingerprint density at radius 3 is 2.71 bits per heavy atom. The van der Waals surface area contributed by atoms with Crippen LogP contribution in [0.5, 0.6) is 0 Å². The Kier molecular flexibility index (Phi) is 2.88. The third-order valence-electron chi connectivity index (χ3n) is 2.92. The van der Waals surface area contributed by atoms with Crippen LogP contribution < -0.4 is 0 Å². The number of nitrogens with zero attached hydrogens (tertiary/aromatic N) is 1. The number of aliphatic imine (C=N–C) groups is 1. The van der Waals surface area contributed by atoms with Crippen molar-refractivity contribution in [3.8, 4) is 10.4 Å². The lowest BCUT2D eigenvalue weighted by Crippen LogP contribution is -1.95. The highest BCUT2D eigenvalue weighted by molar-refractivity contribution is 7.15. The van der Waals surface area contributed by atoms with E-state index in [1.807, 2.05) is 23.8 Å². The molecule has 2 heterocycles. The van der Waals surface area contributed by atoms with Crippen molar-refractivity contribution >= 4 is 17.6 Å². The third kappa shape index (κ3) is 2.22. The normalized spacial score (nSPS) is 18.5. The van der Waals surface area contributed by atoms with Crippen LogP contribution in [0.1, 0.15) is 17.2 Å². The van der Waals surface area contributed by atoms with Crippen molar-refractivity contribution in [1.82, 2.24) is 0 Å². The van der Waals surface area contributed by atoms with Crippen molar-refractivity contribution in [3.63, 3.8) is 0 Å². The largest absolute Gasteiger partial charge is 0.269 e. The molecule has 0 saturated heterocycles. The maximum Gasteiger partial charge on any atom is 0.0345 e. The average Bonchev–Trinajstić information content (AvgIpc) is 2.90. The molecule has 1 nitrogen and oxygen atoms in total. The van der Waals surface area contributed by atoms with Crippen LogP contribution >= 0.6 is 11.3 Å². The van der Waals surface area contributed by atoms with Crippen LogP contribution in [-0.4, -0.2) is 6.21 Å². The highest BCUT2D eigenvalue weighted by atomic mass is 32.1. The van der Waals surface area contributed by atoms with Crippen LogP contribution in [0.2, 0.25) is 0 Å². The van der Waals surface area contributed by atoms with Crippen molar-refractivity contribution in [2.75, 3.05) is 0 Å². The van der Waals surface area contributed by atoms with Gasteiger partial charge in [0, 0.05) is 28.1 Å². The predicted octanol–water partition coefficient (Wildman–Crippen LogP) is 4.49. The molecular formula is C15H13NS. The van der Waals surface area contributed by atoms with Gasteiger partial charge in [0.25, 0.3) is 0 Å². The Morgan fingerprint density at radius 2 is 1.94 bits per heavy atom. The van der Waals surface area contributed by atoms with Gasteiger partial charge in [0.1, 0.15) is 0 Å². The molecule has 0 radical (unpaired) electrons. The molecule has 1 atom stereocenters. The molecule has 2 heteroatoms. The molecule has 0 saturated carbocycles. The molecule has 3 rings (SSSR count). The number of hydrogen-bond acceptors (Lipinski definition) is 2. The monoisotopic (exact) mass is 239 g/mol. The van der Waals surface area contributed by atoms with E-state index in [9.17, 15) is 0 Å². The lowest BCUT2D eigenvalue weighted by Gasteiger charge is -2.09. The van der Waals surface area contributed by atoms with E-state index in [2.05, 4.69) is 53.5 Å².